The Morgan fingerprint density at radius 3 is 3.00 bits per heavy atom. The number of nitrogens with zero attached hydrogens (tertiary/aromatic N) is 1. The largest absolute Gasteiger partial charge is 0.337 e. The molecule has 2 rings (SSSR count). The van der Waals surface area contributed by atoms with Crippen molar-refractivity contribution in [2.75, 3.05) is 5.75 Å². The van der Waals surface area contributed by atoms with Gasteiger partial charge >= 0.3 is 0 Å². The van der Waals surface area contributed by atoms with Gasteiger partial charge in [-0.3, -0.25) is 0 Å². The van der Waals surface area contributed by atoms with Gasteiger partial charge < -0.3 is 9.55 Å². The molecule has 4 heteroatoms. The van der Waals surface area contributed by atoms with Crippen LogP contribution in [0.5, 0.6) is 0 Å². The molecule has 0 radical (unpaired) electrons. The van der Waals surface area contributed by atoms with Gasteiger partial charge in [0.1, 0.15) is 0 Å². The maximum atomic E-state index is 5.31. The Hall–Kier alpha value is -0.220. The van der Waals surface area contributed by atoms with E-state index in [0.717, 1.165) is 10.0 Å². The van der Waals surface area contributed by atoms with Gasteiger partial charge in [0.05, 0.1) is 0 Å². The molecule has 2 nitrogen and oxygen atoms in total. The molecule has 0 bridgehead atoms. The second kappa shape index (κ2) is 4.74. The van der Waals surface area contributed by atoms with Crippen LogP contribution in [0.2, 0.25) is 0 Å². The van der Waals surface area contributed by atoms with Crippen molar-refractivity contribution in [1.29, 1.82) is 0 Å². The highest BCUT2D eigenvalue weighted by molar-refractivity contribution is 7.99. The third-order valence-corrected chi connectivity index (χ3v) is 4.68. The fourth-order valence-corrected chi connectivity index (χ4v) is 3.94. The molecule has 1 aromatic heterocycles. The Labute approximate surface area is 100 Å². The number of thioether (sulfide) groups is 1. The second-order valence-corrected chi connectivity index (χ2v) is 6.11. The van der Waals surface area contributed by atoms with Gasteiger partial charge in [0.25, 0.3) is 0 Å². The molecule has 1 aliphatic rings. The number of aryl methyl sites for hydroxylation is 1. The first-order chi connectivity index (χ1) is 7.22. The molecule has 1 aromatic rings. The van der Waals surface area contributed by atoms with Crippen molar-refractivity contribution in [3.63, 3.8) is 0 Å². The minimum atomic E-state index is 0.632. The van der Waals surface area contributed by atoms with Crippen LogP contribution in [-0.2, 0) is 0 Å². The summed E-state index contributed by atoms with van der Waals surface area (Å²) in [5.41, 5.74) is 1.27. The van der Waals surface area contributed by atoms with Crippen molar-refractivity contribution < 1.29 is 0 Å². The molecule has 1 N–H and O–H groups in total. The quantitative estimate of drug-likeness (QED) is 0.816. The Balaban J connectivity index is 2.11. The van der Waals surface area contributed by atoms with Gasteiger partial charge in [0.15, 0.2) is 4.77 Å². The number of rotatable bonds is 3. The molecule has 0 amide bonds. The smallest absolute Gasteiger partial charge is 0.177 e. The number of H-pyrrole nitrogens is 1. The summed E-state index contributed by atoms with van der Waals surface area (Å²) in [6.45, 7) is 4.37. The number of hydrogen-bond acceptors (Lipinski definition) is 2. The summed E-state index contributed by atoms with van der Waals surface area (Å²) < 4.78 is 3.19. The highest BCUT2D eigenvalue weighted by atomic mass is 32.2. The van der Waals surface area contributed by atoms with Crippen LogP contribution < -0.4 is 0 Å². The number of hydrogen-bond donors (Lipinski definition) is 1. The monoisotopic (exact) mass is 242 g/mol. The van der Waals surface area contributed by atoms with E-state index in [4.69, 9.17) is 12.2 Å². The minimum absolute atomic E-state index is 0.632. The van der Waals surface area contributed by atoms with Crippen LogP contribution in [0.3, 0.4) is 0 Å². The molecule has 2 atom stereocenters. The zero-order valence-electron chi connectivity index (χ0n) is 9.32. The average Bonchev–Trinajstić information content (AvgIpc) is 2.75. The Morgan fingerprint density at radius 2 is 2.40 bits per heavy atom. The second-order valence-electron chi connectivity index (χ2n) is 4.15. The summed E-state index contributed by atoms with van der Waals surface area (Å²) in [5, 5.41) is 0.844. The SMILES string of the molecule is CCSC1CCC(n2c(C)c[nH]c2=S)C1. The highest BCUT2D eigenvalue weighted by Crippen LogP contribution is 2.37. The van der Waals surface area contributed by atoms with E-state index in [1.54, 1.807) is 0 Å². The zero-order valence-corrected chi connectivity index (χ0v) is 11.0. The summed E-state index contributed by atoms with van der Waals surface area (Å²) in [6, 6.07) is 0.632. The Morgan fingerprint density at radius 1 is 1.60 bits per heavy atom. The van der Waals surface area contributed by atoms with Crippen LogP contribution in [0.1, 0.15) is 37.9 Å². The van der Waals surface area contributed by atoms with E-state index in [-0.39, 0.29) is 0 Å². The van der Waals surface area contributed by atoms with Gasteiger partial charge in [-0.25, -0.2) is 0 Å². The molecule has 1 aliphatic carbocycles. The van der Waals surface area contributed by atoms with Crippen LogP contribution in [0, 0.1) is 11.7 Å². The van der Waals surface area contributed by atoms with Crippen LogP contribution >= 0.6 is 24.0 Å². The molecule has 0 saturated heterocycles. The average molecular weight is 242 g/mol. The molecule has 2 unspecified atom stereocenters. The fraction of sp³-hybridized carbons (Fsp3) is 0.727. The third-order valence-electron chi connectivity index (χ3n) is 3.13. The van der Waals surface area contributed by atoms with Crippen molar-refractivity contribution in [2.24, 2.45) is 0 Å². The van der Waals surface area contributed by atoms with E-state index in [1.807, 2.05) is 6.20 Å². The van der Waals surface area contributed by atoms with E-state index in [1.165, 1.54) is 30.7 Å². The molecule has 0 spiro atoms. The van der Waals surface area contributed by atoms with E-state index in [9.17, 15) is 0 Å². The molecule has 0 aliphatic heterocycles. The van der Waals surface area contributed by atoms with Crippen LogP contribution in [-0.4, -0.2) is 20.6 Å². The first-order valence-corrected chi connectivity index (χ1v) is 7.06. The predicted molar refractivity (Wildman–Crippen MR) is 69.2 cm³/mol. The summed E-state index contributed by atoms with van der Waals surface area (Å²) in [5.74, 6) is 1.23. The van der Waals surface area contributed by atoms with Gasteiger partial charge in [0, 0.05) is 23.2 Å². The van der Waals surface area contributed by atoms with Gasteiger partial charge in [-0.2, -0.15) is 11.8 Å². The summed E-state index contributed by atoms with van der Waals surface area (Å²) >= 11 is 7.41. The molecule has 84 valence electrons. The van der Waals surface area contributed by atoms with Crippen LogP contribution in [0.25, 0.3) is 0 Å². The molecular weight excluding hydrogens is 224 g/mol. The normalized spacial score (nSPS) is 26.0. The number of nitrogens with one attached hydrogen (secondary N) is 1. The van der Waals surface area contributed by atoms with Gasteiger partial charge in [-0.15, -0.1) is 0 Å². The van der Waals surface area contributed by atoms with E-state index in [2.05, 4.69) is 35.2 Å². The van der Waals surface area contributed by atoms with Gasteiger partial charge in [-0.05, 0) is 44.2 Å². The van der Waals surface area contributed by atoms with E-state index in [0.29, 0.717) is 6.04 Å². The third kappa shape index (κ3) is 2.31. The standard InChI is InChI=1S/C11H18N2S2/c1-3-15-10-5-4-9(6-10)13-8(2)7-12-11(13)14/h7,9-10H,3-6H2,1-2H3,(H,12,14). The molecule has 1 saturated carbocycles. The van der Waals surface area contributed by atoms with Gasteiger partial charge in [0.2, 0.25) is 0 Å². The minimum Gasteiger partial charge on any atom is -0.337 e. The fourth-order valence-electron chi connectivity index (χ4n) is 2.46. The molecule has 15 heavy (non-hydrogen) atoms. The van der Waals surface area contributed by atoms with E-state index < -0.39 is 0 Å². The van der Waals surface area contributed by atoms with E-state index >= 15 is 0 Å². The molecule has 1 fully saturated rings. The first kappa shape index (κ1) is 11.3. The zero-order chi connectivity index (χ0) is 10.8. The van der Waals surface area contributed by atoms with Crippen LogP contribution in [0.15, 0.2) is 6.20 Å². The maximum Gasteiger partial charge on any atom is 0.177 e. The lowest BCUT2D eigenvalue weighted by Crippen LogP contribution is -2.08. The van der Waals surface area contributed by atoms with Crippen molar-refractivity contribution in [3.05, 3.63) is 16.7 Å². The van der Waals surface area contributed by atoms with Crippen LogP contribution in [0.4, 0.5) is 0 Å². The number of imidazole rings is 1. The number of aromatic amines is 1. The summed E-state index contributed by atoms with van der Waals surface area (Å²) in [7, 11) is 0. The highest BCUT2D eigenvalue weighted by Gasteiger charge is 2.26. The maximum absolute atomic E-state index is 5.31. The van der Waals surface area contributed by atoms with Gasteiger partial charge in [-0.1, -0.05) is 6.92 Å². The first-order valence-electron chi connectivity index (χ1n) is 5.60. The van der Waals surface area contributed by atoms with Crippen molar-refractivity contribution in [2.45, 2.75) is 44.4 Å². The molecular formula is C11H18N2S2. The van der Waals surface area contributed by atoms with Crippen molar-refractivity contribution in [3.8, 4) is 0 Å². The lowest BCUT2D eigenvalue weighted by Gasteiger charge is -2.14. The predicted octanol–water partition coefficient (Wildman–Crippen LogP) is 3.70. The Kier molecular flexibility index (Phi) is 3.57. The topological polar surface area (TPSA) is 20.7 Å². The lowest BCUT2D eigenvalue weighted by molar-refractivity contribution is 0.503. The summed E-state index contributed by atoms with van der Waals surface area (Å²) in [4.78, 5) is 3.13. The van der Waals surface area contributed by atoms with Crippen molar-refractivity contribution >= 4 is 24.0 Å². The molecule has 1 heterocycles. The van der Waals surface area contributed by atoms with Crippen molar-refractivity contribution in [1.82, 2.24) is 9.55 Å². The lowest BCUT2D eigenvalue weighted by atomic mass is 10.2. The Bertz CT molecular complexity index is 380. The molecule has 0 aromatic carbocycles. The summed E-state index contributed by atoms with van der Waals surface area (Å²) in [6.07, 6.45) is 5.92. The number of aromatic nitrogens is 2.